The van der Waals surface area contributed by atoms with Gasteiger partial charge in [0.2, 0.25) is 5.88 Å². The number of aryl methyl sites for hydroxylation is 3. The molecule has 2 rings (SSSR count). The highest BCUT2D eigenvalue weighted by Crippen LogP contribution is 2.10. The maximum Gasteiger partial charge on any atom is 0.211 e. The lowest BCUT2D eigenvalue weighted by Gasteiger charge is -1.99. The maximum absolute atomic E-state index is 5.44. The summed E-state index contributed by atoms with van der Waals surface area (Å²) in [5, 5.41) is 0. The molecule has 15 heavy (non-hydrogen) atoms. The third-order valence-corrected chi connectivity index (χ3v) is 2.32. The highest BCUT2D eigenvalue weighted by Gasteiger charge is 2.01. The van der Waals surface area contributed by atoms with Gasteiger partial charge < -0.3 is 10.2 Å². The minimum Gasteiger partial charge on any atom is -0.426 e. The Morgan fingerprint density at radius 3 is 2.53 bits per heavy atom. The van der Waals surface area contributed by atoms with E-state index in [1.54, 1.807) is 6.20 Å². The zero-order valence-corrected chi connectivity index (χ0v) is 8.73. The summed E-state index contributed by atoms with van der Waals surface area (Å²) >= 11 is 0. The van der Waals surface area contributed by atoms with Crippen LogP contribution < -0.4 is 5.73 Å². The SMILES string of the molecule is Cc1ccc(CCc2ncc(N)o2)cc1. The molecule has 0 amide bonds. The summed E-state index contributed by atoms with van der Waals surface area (Å²) in [7, 11) is 0. The number of benzene rings is 1. The second-order valence-corrected chi connectivity index (χ2v) is 3.64. The van der Waals surface area contributed by atoms with Gasteiger partial charge in [-0.05, 0) is 18.9 Å². The summed E-state index contributed by atoms with van der Waals surface area (Å²) in [5.74, 6) is 1.09. The summed E-state index contributed by atoms with van der Waals surface area (Å²) in [6.45, 7) is 2.08. The number of anilines is 1. The van der Waals surface area contributed by atoms with E-state index in [1.807, 2.05) is 0 Å². The van der Waals surface area contributed by atoms with E-state index >= 15 is 0 Å². The number of aromatic nitrogens is 1. The fraction of sp³-hybridized carbons (Fsp3) is 0.250. The van der Waals surface area contributed by atoms with Crippen molar-refractivity contribution in [3.8, 4) is 0 Å². The van der Waals surface area contributed by atoms with Crippen LogP contribution in [-0.2, 0) is 12.8 Å². The molecule has 0 atom stereocenters. The largest absolute Gasteiger partial charge is 0.426 e. The van der Waals surface area contributed by atoms with Crippen LogP contribution >= 0.6 is 0 Å². The van der Waals surface area contributed by atoms with E-state index in [1.165, 1.54) is 11.1 Å². The molecule has 0 fully saturated rings. The molecule has 0 unspecified atom stereocenters. The van der Waals surface area contributed by atoms with Crippen molar-refractivity contribution in [3.63, 3.8) is 0 Å². The highest BCUT2D eigenvalue weighted by atomic mass is 16.4. The van der Waals surface area contributed by atoms with Crippen molar-refractivity contribution in [2.24, 2.45) is 0 Å². The topological polar surface area (TPSA) is 52.0 Å². The van der Waals surface area contributed by atoms with Gasteiger partial charge in [0.15, 0.2) is 5.89 Å². The fourth-order valence-corrected chi connectivity index (χ4v) is 1.45. The molecular weight excluding hydrogens is 188 g/mol. The van der Waals surface area contributed by atoms with E-state index in [9.17, 15) is 0 Å². The Balaban J connectivity index is 1.96. The predicted octanol–water partition coefficient (Wildman–Crippen LogP) is 2.35. The van der Waals surface area contributed by atoms with Gasteiger partial charge in [-0.2, -0.15) is 0 Å². The summed E-state index contributed by atoms with van der Waals surface area (Å²) < 4.78 is 5.20. The first-order chi connectivity index (χ1) is 7.24. The molecule has 0 radical (unpaired) electrons. The van der Waals surface area contributed by atoms with Crippen LogP contribution in [0.3, 0.4) is 0 Å². The molecule has 2 aromatic rings. The van der Waals surface area contributed by atoms with Gasteiger partial charge >= 0.3 is 0 Å². The lowest BCUT2D eigenvalue weighted by atomic mass is 10.1. The molecule has 1 heterocycles. The zero-order chi connectivity index (χ0) is 10.7. The van der Waals surface area contributed by atoms with Gasteiger partial charge in [-0.3, -0.25) is 0 Å². The highest BCUT2D eigenvalue weighted by molar-refractivity contribution is 5.22. The van der Waals surface area contributed by atoms with Gasteiger partial charge in [-0.25, -0.2) is 4.98 Å². The Labute approximate surface area is 88.9 Å². The van der Waals surface area contributed by atoms with Crippen LogP contribution in [0.5, 0.6) is 0 Å². The van der Waals surface area contributed by atoms with Crippen LogP contribution in [0.2, 0.25) is 0 Å². The summed E-state index contributed by atoms with van der Waals surface area (Å²) in [6, 6.07) is 8.47. The summed E-state index contributed by atoms with van der Waals surface area (Å²) in [5.41, 5.74) is 8.00. The number of hydrogen-bond acceptors (Lipinski definition) is 3. The first kappa shape index (κ1) is 9.77. The second kappa shape index (κ2) is 4.17. The lowest BCUT2D eigenvalue weighted by molar-refractivity contribution is 0.509. The monoisotopic (exact) mass is 202 g/mol. The van der Waals surface area contributed by atoms with Crippen molar-refractivity contribution in [2.45, 2.75) is 19.8 Å². The molecule has 0 saturated heterocycles. The summed E-state index contributed by atoms with van der Waals surface area (Å²) in [6.07, 6.45) is 3.27. The quantitative estimate of drug-likeness (QED) is 0.831. The van der Waals surface area contributed by atoms with Crippen molar-refractivity contribution in [1.82, 2.24) is 4.98 Å². The van der Waals surface area contributed by atoms with Gasteiger partial charge in [-0.1, -0.05) is 29.8 Å². The molecule has 0 aliphatic heterocycles. The average molecular weight is 202 g/mol. The van der Waals surface area contributed by atoms with Crippen LogP contribution in [-0.4, -0.2) is 4.98 Å². The molecule has 0 aliphatic rings. The van der Waals surface area contributed by atoms with Crippen LogP contribution in [0.25, 0.3) is 0 Å². The van der Waals surface area contributed by atoms with E-state index in [-0.39, 0.29) is 0 Å². The first-order valence-corrected chi connectivity index (χ1v) is 5.00. The fourth-order valence-electron chi connectivity index (χ4n) is 1.45. The molecular formula is C12H14N2O. The Bertz CT molecular complexity index is 431. The molecule has 1 aromatic heterocycles. The number of oxazole rings is 1. The Hall–Kier alpha value is -1.77. The van der Waals surface area contributed by atoms with E-state index in [0.29, 0.717) is 11.8 Å². The number of rotatable bonds is 3. The minimum atomic E-state index is 0.383. The molecule has 1 aromatic carbocycles. The summed E-state index contributed by atoms with van der Waals surface area (Å²) in [4.78, 5) is 4.06. The van der Waals surface area contributed by atoms with Gasteiger partial charge in [0.1, 0.15) is 0 Å². The van der Waals surface area contributed by atoms with Gasteiger partial charge in [-0.15, -0.1) is 0 Å². The van der Waals surface area contributed by atoms with Crippen molar-refractivity contribution >= 4 is 5.88 Å². The Kier molecular flexibility index (Phi) is 2.72. The zero-order valence-electron chi connectivity index (χ0n) is 8.73. The molecule has 78 valence electrons. The van der Waals surface area contributed by atoms with Crippen LogP contribution in [0.1, 0.15) is 17.0 Å². The smallest absolute Gasteiger partial charge is 0.211 e. The van der Waals surface area contributed by atoms with E-state index in [4.69, 9.17) is 10.2 Å². The predicted molar refractivity (Wildman–Crippen MR) is 59.5 cm³/mol. The van der Waals surface area contributed by atoms with E-state index < -0.39 is 0 Å². The molecule has 0 bridgehead atoms. The van der Waals surface area contributed by atoms with Gasteiger partial charge in [0.05, 0.1) is 6.20 Å². The second-order valence-electron chi connectivity index (χ2n) is 3.64. The lowest BCUT2D eigenvalue weighted by Crippen LogP contribution is -1.91. The Morgan fingerprint density at radius 2 is 1.93 bits per heavy atom. The van der Waals surface area contributed by atoms with Crippen LogP contribution in [0.4, 0.5) is 5.88 Å². The van der Waals surface area contributed by atoms with Crippen LogP contribution in [0.15, 0.2) is 34.9 Å². The third kappa shape index (κ3) is 2.59. The molecule has 0 saturated carbocycles. The van der Waals surface area contributed by atoms with E-state index in [2.05, 4.69) is 36.2 Å². The maximum atomic E-state index is 5.44. The first-order valence-electron chi connectivity index (χ1n) is 5.00. The van der Waals surface area contributed by atoms with Crippen LogP contribution in [0, 0.1) is 6.92 Å². The average Bonchev–Trinajstić information content (AvgIpc) is 2.64. The number of nitrogens with two attached hydrogens (primary N) is 1. The number of nitrogen functional groups attached to an aromatic ring is 1. The van der Waals surface area contributed by atoms with Crippen molar-refractivity contribution < 1.29 is 4.42 Å². The minimum absolute atomic E-state index is 0.383. The van der Waals surface area contributed by atoms with Crippen molar-refractivity contribution in [1.29, 1.82) is 0 Å². The van der Waals surface area contributed by atoms with Gasteiger partial charge in [0.25, 0.3) is 0 Å². The van der Waals surface area contributed by atoms with Crippen molar-refractivity contribution in [3.05, 3.63) is 47.5 Å². The third-order valence-electron chi connectivity index (χ3n) is 2.32. The Morgan fingerprint density at radius 1 is 1.20 bits per heavy atom. The molecule has 2 N–H and O–H groups in total. The normalized spacial score (nSPS) is 10.5. The van der Waals surface area contributed by atoms with E-state index in [0.717, 1.165) is 12.8 Å². The molecule has 3 heteroatoms. The number of nitrogens with zero attached hydrogens (tertiary/aromatic N) is 1. The van der Waals surface area contributed by atoms with Gasteiger partial charge in [0, 0.05) is 6.42 Å². The standard InChI is InChI=1S/C12H14N2O/c1-9-2-4-10(5-3-9)6-7-12-14-8-11(13)15-12/h2-5,8H,6-7,13H2,1H3. The number of hydrogen-bond donors (Lipinski definition) is 1. The molecule has 0 aliphatic carbocycles. The molecule has 0 spiro atoms. The molecule has 3 nitrogen and oxygen atoms in total. The van der Waals surface area contributed by atoms with Crippen molar-refractivity contribution in [2.75, 3.05) is 5.73 Å².